The van der Waals surface area contributed by atoms with Crippen LogP contribution < -0.4 is 10.6 Å². The standard InChI is InChI=1S/C11H19N5O3S/c1-19-5-2-4-12-10-7-13-16-11(15-10)14-9-3-6-20(17,18)8-9/h7,9H,2-6,8H2,1H3,(H2,12,14,15,16). The molecule has 0 amide bonds. The first-order valence-electron chi connectivity index (χ1n) is 6.48. The maximum atomic E-state index is 11.4. The molecule has 8 nitrogen and oxygen atoms in total. The van der Waals surface area contributed by atoms with Gasteiger partial charge in [0.25, 0.3) is 0 Å². The molecule has 1 saturated heterocycles. The molecule has 1 atom stereocenters. The van der Waals surface area contributed by atoms with Gasteiger partial charge >= 0.3 is 0 Å². The van der Waals surface area contributed by atoms with Gasteiger partial charge in [0.1, 0.15) is 0 Å². The second kappa shape index (κ2) is 6.80. The van der Waals surface area contributed by atoms with E-state index in [1.54, 1.807) is 7.11 Å². The first-order chi connectivity index (χ1) is 9.59. The molecule has 1 fully saturated rings. The van der Waals surface area contributed by atoms with E-state index in [-0.39, 0.29) is 17.5 Å². The van der Waals surface area contributed by atoms with Gasteiger partial charge in [-0.1, -0.05) is 0 Å². The summed E-state index contributed by atoms with van der Waals surface area (Å²) in [4.78, 5) is 4.25. The highest BCUT2D eigenvalue weighted by atomic mass is 32.2. The van der Waals surface area contributed by atoms with E-state index < -0.39 is 9.84 Å². The minimum atomic E-state index is -2.91. The molecule has 1 unspecified atom stereocenters. The van der Waals surface area contributed by atoms with Crippen LogP contribution in [-0.2, 0) is 14.6 Å². The molecule has 0 aliphatic carbocycles. The van der Waals surface area contributed by atoms with E-state index in [0.29, 0.717) is 24.8 Å². The fraction of sp³-hybridized carbons (Fsp3) is 0.727. The fourth-order valence-electron chi connectivity index (χ4n) is 1.97. The summed E-state index contributed by atoms with van der Waals surface area (Å²) in [5, 5.41) is 13.8. The molecule has 0 spiro atoms. The van der Waals surface area contributed by atoms with Crippen molar-refractivity contribution in [2.75, 3.05) is 42.4 Å². The molecule has 1 aliphatic heterocycles. The first kappa shape index (κ1) is 14.9. The molecule has 0 aromatic carbocycles. The predicted octanol–water partition coefficient (Wildman–Crippen LogP) is -0.0810. The number of ether oxygens (including phenoxy) is 1. The van der Waals surface area contributed by atoms with E-state index in [1.807, 2.05) is 0 Å². The number of aromatic nitrogens is 3. The lowest BCUT2D eigenvalue weighted by atomic mass is 10.3. The molecular weight excluding hydrogens is 282 g/mol. The number of anilines is 2. The molecule has 9 heteroatoms. The highest BCUT2D eigenvalue weighted by Crippen LogP contribution is 2.15. The largest absolute Gasteiger partial charge is 0.385 e. The third kappa shape index (κ3) is 4.57. The molecule has 0 saturated carbocycles. The highest BCUT2D eigenvalue weighted by Gasteiger charge is 2.28. The minimum absolute atomic E-state index is 0.127. The number of hydrogen-bond donors (Lipinski definition) is 2. The lowest BCUT2D eigenvalue weighted by Gasteiger charge is -2.11. The Labute approximate surface area is 118 Å². The summed E-state index contributed by atoms with van der Waals surface area (Å²) in [7, 11) is -1.26. The van der Waals surface area contributed by atoms with Crippen molar-refractivity contribution in [1.82, 2.24) is 15.2 Å². The average Bonchev–Trinajstić information content (AvgIpc) is 2.74. The second-order valence-electron chi connectivity index (χ2n) is 4.68. The summed E-state index contributed by atoms with van der Waals surface area (Å²) in [6, 6.07) is -0.134. The van der Waals surface area contributed by atoms with E-state index in [1.165, 1.54) is 6.20 Å². The van der Waals surface area contributed by atoms with Gasteiger partial charge in [-0.05, 0) is 12.8 Å². The third-order valence-corrected chi connectivity index (χ3v) is 4.72. The number of rotatable bonds is 7. The quantitative estimate of drug-likeness (QED) is 0.674. The monoisotopic (exact) mass is 301 g/mol. The Kier molecular flexibility index (Phi) is 5.07. The molecule has 20 heavy (non-hydrogen) atoms. The van der Waals surface area contributed by atoms with Gasteiger partial charge in [0.15, 0.2) is 15.7 Å². The number of hydrogen-bond acceptors (Lipinski definition) is 8. The maximum absolute atomic E-state index is 11.4. The first-order valence-corrected chi connectivity index (χ1v) is 8.31. The Bertz CT molecular complexity index is 537. The van der Waals surface area contributed by atoms with Crippen molar-refractivity contribution in [2.24, 2.45) is 0 Å². The predicted molar refractivity (Wildman–Crippen MR) is 75.5 cm³/mol. The summed E-state index contributed by atoms with van der Waals surface area (Å²) in [6.07, 6.45) is 2.98. The summed E-state index contributed by atoms with van der Waals surface area (Å²) >= 11 is 0. The second-order valence-corrected chi connectivity index (χ2v) is 6.91. The molecule has 0 bridgehead atoms. The Balaban J connectivity index is 1.86. The Morgan fingerprint density at radius 3 is 3.05 bits per heavy atom. The van der Waals surface area contributed by atoms with Gasteiger partial charge in [-0.25, -0.2) is 8.42 Å². The molecule has 2 N–H and O–H groups in total. The van der Waals surface area contributed by atoms with Crippen LogP contribution in [0.2, 0.25) is 0 Å². The van der Waals surface area contributed by atoms with Gasteiger partial charge < -0.3 is 15.4 Å². The van der Waals surface area contributed by atoms with Gasteiger partial charge in [0.2, 0.25) is 5.95 Å². The Morgan fingerprint density at radius 1 is 1.50 bits per heavy atom. The van der Waals surface area contributed by atoms with Crippen LogP contribution >= 0.6 is 0 Å². The zero-order valence-corrected chi connectivity index (χ0v) is 12.2. The highest BCUT2D eigenvalue weighted by molar-refractivity contribution is 7.91. The van der Waals surface area contributed by atoms with E-state index in [9.17, 15) is 8.42 Å². The van der Waals surface area contributed by atoms with Crippen molar-refractivity contribution in [3.8, 4) is 0 Å². The van der Waals surface area contributed by atoms with Crippen LogP contribution in [0.25, 0.3) is 0 Å². The maximum Gasteiger partial charge on any atom is 0.244 e. The summed E-state index contributed by atoms with van der Waals surface area (Å²) in [6.45, 7) is 1.40. The molecule has 1 aromatic rings. The van der Waals surface area contributed by atoms with Crippen molar-refractivity contribution >= 4 is 21.6 Å². The fourth-order valence-corrected chi connectivity index (χ4v) is 3.65. The van der Waals surface area contributed by atoms with Crippen LogP contribution in [0.15, 0.2) is 6.20 Å². The van der Waals surface area contributed by atoms with Crippen LogP contribution in [0.5, 0.6) is 0 Å². The zero-order chi connectivity index (χ0) is 14.4. The van der Waals surface area contributed by atoms with Crippen molar-refractivity contribution < 1.29 is 13.2 Å². The molecule has 112 valence electrons. The summed E-state index contributed by atoms with van der Waals surface area (Å²) < 4.78 is 27.7. The number of methoxy groups -OCH3 is 1. The van der Waals surface area contributed by atoms with Gasteiger partial charge in [-0.3, -0.25) is 0 Å². The molecular formula is C11H19N5O3S. The van der Waals surface area contributed by atoms with Crippen molar-refractivity contribution in [3.05, 3.63) is 6.20 Å². The van der Waals surface area contributed by atoms with Crippen LogP contribution in [-0.4, -0.2) is 61.4 Å². The smallest absolute Gasteiger partial charge is 0.244 e. The summed E-state index contributed by atoms with van der Waals surface area (Å²) in [5.41, 5.74) is 0. The molecule has 1 aliphatic rings. The van der Waals surface area contributed by atoms with E-state index in [2.05, 4.69) is 25.8 Å². The lowest BCUT2D eigenvalue weighted by Crippen LogP contribution is -2.22. The molecule has 0 radical (unpaired) electrons. The number of nitrogens with zero attached hydrogens (tertiary/aromatic N) is 3. The van der Waals surface area contributed by atoms with Crippen molar-refractivity contribution in [2.45, 2.75) is 18.9 Å². The van der Waals surface area contributed by atoms with Gasteiger partial charge in [0.05, 0.1) is 17.7 Å². The summed E-state index contributed by atoms with van der Waals surface area (Å²) in [5.74, 6) is 1.30. The Hall–Kier alpha value is -1.48. The van der Waals surface area contributed by atoms with Gasteiger partial charge in [-0.2, -0.15) is 10.1 Å². The van der Waals surface area contributed by atoms with Crippen molar-refractivity contribution in [3.63, 3.8) is 0 Å². The third-order valence-electron chi connectivity index (χ3n) is 2.96. The SMILES string of the molecule is COCCCNc1cnnc(NC2CCS(=O)(=O)C2)n1. The van der Waals surface area contributed by atoms with Gasteiger partial charge in [-0.15, -0.1) is 5.10 Å². The topological polar surface area (TPSA) is 106 Å². The van der Waals surface area contributed by atoms with Crippen molar-refractivity contribution in [1.29, 1.82) is 0 Å². The van der Waals surface area contributed by atoms with Gasteiger partial charge in [0, 0.05) is 26.3 Å². The van der Waals surface area contributed by atoms with Crippen LogP contribution in [0.4, 0.5) is 11.8 Å². The van der Waals surface area contributed by atoms with Crippen LogP contribution in [0.1, 0.15) is 12.8 Å². The zero-order valence-electron chi connectivity index (χ0n) is 11.4. The number of nitrogens with one attached hydrogen (secondary N) is 2. The van der Waals surface area contributed by atoms with Crippen LogP contribution in [0, 0.1) is 0 Å². The van der Waals surface area contributed by atoms with Crippen LogP contribution in [0.3, 0.4) is 0 Å². The van der Waals surface area contributed by atoms with E-state index in [0.717, 1.165) is 13.0 Å². The minimum Gasteiger partial charge on any atom is -0.385 e. The average molecular weight is 301 g/mol. The molecule has 2 heterocycles. The van der Waals surface area contributed by atoms with E-state index >= 15 is 0 Å². The number of sulfone groups is 1. The molecule has 2 rings (SSSR count). The Morgan fingerprint density at radius 2 is 2.35 bits per heavy atom. The molecule has 1 aromatic heterocycles. The lowest BCUT2D eigenvalue weighted by molar-refractivity contribution is 0.197. The normalized spacial score (nSPS) is 20.8. The van der Waals surface area contributed by atoms with E-state index in [4.69, 9.17) is 4.74 Å².